The molecule has 0 bridgehead atoms. The van der Waals surface area contributed by atoms with Crippen LogP contribution in [0.15, 0.2) is 24.3 Å². The highest BCUT2D eigenvalue weighted by atomic mass is 16.5. The van der Waals surface area contributed by atoms with Crippen molar-refractivity contribution < 1.29 is 4.74 Å². The van der Waals surface area contributed by atoms with Gasteiger partial charge in [0.25, 0.3) is 0 Å². The van der Waals surface area contributed by atoms with Crippen LogP contribution in [0.3, 0.4) is 0 Å². The number of benzene rings is 1. The van der Waals surface area contributed by atoms with Crippen molar-refractivity contribution in [3.05, 3.63) is 35.4 Å². The van der Waals surface area contributed by atoms with E-state index in [0.717, 1.165) is 26.1 Å². The van der Waals surface area contributed by atoms with Crippen LogP contribution in [-0.4, -0.2) is 37.7 Å². The molecule has 0 saturated carbocycles. The summed E-state index contributed by atoms with van der Waals surface area (Å²) in [6, 6.07) is 9.18. The molecule has 118 valence electrons. The number of hydrogen-bond acceptors (Lipinski definition) is 3. The Labute approximate surface area is 129 Å². The lowest BCUT2D eigenvalue weighted by molar-refractivity contribution is 0.0875. The zero-order chi connectivity index (χ0) is 15.4. The quantitative estimate of drug-likeness (QED) is 0.874. The molecule has 0 amide bonds. The van der Waals surface area contributed by atoms with Crippen molar-refractivity contribution in [1.29, 1.82) is 0 Å². The largest absolute Gasteiger partial charge is 0.383 e. The predicted octanol–water partition coefficient (Wildman–Crippen LogP) is 3.17. The fourth-order valence-corrected chi connectivity index (χ4v) is 3.55. The normalized spacial score (nSPS) is 25.4. The summed E-state index contributed by atoms with van der Waals surface area (Å²) in [5.74, 6) is 1.21. The molecule has 0 heterocycles. The van der Waals surface area contributed by atoms with Crippen molar-refractivity contribution in [1.82, 2.24) is 4.90 Å². The molecule has 3 nitrogen and oxygen atoms in total. The Bertz CT molecular complexity index is 447. The van der Waals surface area contributed by atoms with Gasteiger partial charge >= 0.3 is 0 Å². The summed E-state index contributed by atoms with van der Waals surface area (Å²) in [5, 5.41) is 0. The monoisotopic (exact) mass is 290 g/mol. The SMILES string of the molecule is COCCN(CC(C)C)C1CC(C)c2ccccc2C1N. The van der Waals surface area contributed by atoms with Gasteiger partial charge in [-0.15, -0.1) is 0 Å². The van der Waals surface area contributed by atoms with Crippen LogP contribution in [0, 0.1) is 5.92 Å². The minimum absolute atomic E-state index is 0.105. The molecule has 3 unspecified atom stereocenters. The number of rotatable bonds is 6. The third-order valence-corrected chi connectivity index (χ3v) is 4.55. The van der Waals surface area contributed by atoms with Crippen molar-refractivity contribution in [2.75, 3.05) is 26.8 Å². The van der Waals surface area contributed by atoms with Crippen LogP contribution >= 0.6 is 0 Å². The fourth-order valence-electron chi connectivity index (χ4n) is 3.55. The highest BCUT2D eigenvalue weighted by Crippen LogP contribution is 2.38. The number of ether oxygens (including phenoxy) is 1. The molecule has 3 atom stereocenters. The highest BCUT2D eigenvalue weighted by Gasteiger charge is 2.34. The third kappa shape index (κ3) is 3.85. The highest BCUT2D eigenvalue weighted by molar-refractivity contribution is 5.36. The number of hydrogen-bond donors (Lipinski definition) is 1. The Morgan fingerprint density at radius 2 is 1.95 bits per heavy atom. The first-order valence-corrected chi connectivity index (χ1v) is 8.12. The molecule has 0 aliphatic heterocycles. The molecular weight excluding hydrogens is 260 g/mol. The molecule has 0 radical (unpaired) electrons. The first kappa shape index (κ1) is 16.5. The number of nitrogens with two attached hydrogens (primary N) is 1. The summed E-state index contributed by atoms with van der Waals surface area (Å²) in [6.07, 6.45) is 1.13. The van der Waals surface area contributed by atoms with E-state index < -0.39 is 0 Å². The molecule has 1 aromatic rings. The molecule has 1 aliphatic carbocycles. The smallest absolute Gasteiger partial charge is 0.0589 e. The number of methoxy groups -OCH3 is 1. The van der Waals surface area contributed by atoms with Gasteiger partial charge in [-0.1, -0.05) is 45.0 Å². The van der Waals surface area contributed by atoms with Gasteiger partial charge in [-0.3, -0.25) is 4.90 Å². The first-order valence-electron chi connectivity index (χ1n) is 8.12. The molecule has 21 heavy (non-hydrogen) atoms. The molecule has 3 heteroatoms. The summed E-state index contributed by atoms with van der Waals surface area (Å²) >= 11 is 0. The van der Waals surface area contributed by atoms with Crippen molar-refractivity contribution in [3.63, 3.8) is 0 Å². The number of fused-ring (bicyclic) bond motifs is 1. The maximum atomic E-state index is 6.62. The van der Waals surface area contributed by atoms with Gasteiger partial charge in [0.1, 0.15) is 0 Å². The van der Waals surface area contributed by atoms with E-state index in [4.69, 9.17) is 10.5 Å². The zero-order valence-corrected chi connectivity index (χ0v) is 13.9. The second-order valence-corrected chi connectivity index (χ2v) is 6.74. The zero-order valence-electron chi connectivity index (χ0n) is 13.9. The van der Waals surface area contributed by atoms with Gasteiger partial charge in [0.05, 0.1) is 6.61 Å². The average molecular weight is 290 g/mol. The Balaban J connectivity index is 2.21. The molecule has 1 aromatic carbocycles. The maximum absolute atomic E-state index is 6.62. The molecule has 2 N–H and O–H groups in total. The summed E-state index contributed by atoms with van der Waals surface area (Å²) in [4.78, 5) is 2.53. The van der Waals surface area contributed by atoms with Crippen molar-refractivity contribution in [2.45, 2.75) is 45.2 Å². The fraction of sp³-hybridized carbons (Fsp3) is 0.667. The van der Waals surface area contributed by atoms with Crippen LogP contribution in [0.25, 0.3) is 0 Å². The standard InChI is InChI=1S/C18H30N2O/c1-13(2)12-20(9-10-21-4)17-11-14(3)15-7-5-6-8-16(15)18(17)19/h5-8,13-14,17-18H,9-12,19H2,1-4H3. The lowest BCUT2D eigenvalue weighted by atomic mass is 9.77. The number of nitrogens with zero attached hydrogens (tertiary/aromatic N) is 1. The van der Waals surface area contributed by atoms with Gasteiger partial charge in [0.2, 0.25) is 0 Å². The van der Waals surface area contributed by atoms with Gasteiger partial charge in [0.15, 0.2) is 0 Å². The van der Waals surface area contributed by atoms with Gasteiger partial charge in [-0.2, -0.15) is 0 Å². The molecule has 0 spiro atoms. The van der Waals surface area contributed by atoms with Gasteiger partial charge < -0.3 is 10.5 Å². The Morgan fingerprint density at radius 1 is 1.29 bits per heavy atom. The van der Waals surface area contributed by atoms with Crippen LogP contribution in [-0.2, 0) is 4.74 Å². The van der Waals surface area contributed by atoms with E-state index in [9.17, 15) is 0 Å². The lowest BCUT2D eigenvalue weighted by Gasteiger charge is -2.42. The van der Waals surface area contributed by atoms with E-state index in [1.54, 1.807) is 7.11 Å². The van der Waals surface area contributed by atoms with Crippen LogP contribution in [0.2, 0.25) is 0 Å². The average Bonchev–Trinajstić information content (AvgIpc) is 2.47. The molecule has 2 rings (SSSR count). The van der Waals surface area contributed by atoms with Crippen LogP contribution in [0.4, 0.5) is 0 Å². The van der Waals surface area contributed by atoms with E-state index in [0.29, 0.717) is 17.9 Å². The van der Waals surface area contributed by atoms with Gasteiger partial charge in [-0.25, -0.2) is 0 Å². The summed E-state index contributed by atoms with van der Waals surface area (Å²) < 4.78 is 5.29. The van der Waals surface area contributed by atoms with Crippen LogP contribution < -0.4 is 5.73 Å². The van der Waals surface area contributed by atoms with E-state index in [-0.39, 0.29) is 6.04 Å². The van der Waals surface area contributed by atoms with Crippen molar-refractivity contribution in [2.24, 2.45) is 11.7 Å². The predicted molar refractivity (Wildman–Crippen MR) is 88.5 cm³/mol. The summed E-state index contributed by atoms with van der Waals surface area (Å²) in [6.45, 7) is 9.67. The van der Waals surface area contributed by atoms with E-state index in [1.807, 2.05) is 0 Å². The van der Waals surface area contributed by atoms with Gasteiger partial charge in [0, 0.05) is 32.3 Å². The van der Waals surface area contributed by atoms with Crippen molar-refractivity contribution in [3.8, 4) is 0 Å². The minimum atomic E-state index is 0.105. The van der Waals surface area contributed by atoms with Crippen molar-refractivity contribution >= 4 is 0 Å². The topological polar surface area (TPSA) is 38.5 Å². The first-order chi connectivity index (χ1) is 10.0. The van der Waals surface area contributed by atoms with E-state index in [1.165, 1.54) is 11.1 Å². The van der Waals surface area contributed by atoms with Crippen LogP contribution in [0.5, 0.6) is 0 Å². The molecule has 0 aromatic heterocycles. The molecule has 1 aliphatic rings. The molecular formula is C18H30N2O. The Hall–Kier alpha value is -0.900. The second-order valence-electron chi connectivity index (χ2n) is 6.74. The summed E-state index contributed by atoms with van der Waals surface area (Å²) in [7, 11) is 1.77. The Kier molecular flexibility index (Phi) is 5.80. The van der Waals surface area contributed by atoms with E-state index in [2.05, 4.69) is 49.9 Å². The minimum Gasteiger partial charge on any atom is -0.383 e. The third-order valence-electron chi connectivity index (χ3n) is 4.55. The second kappa shape index (κ2) is 7.39. The van der Waals surface area contributed by atoms with Crippen LogP contribution in [0.1, 0.15) is 50.3 Å². The Morgan fingerprint density at radius 3 is 2.57 bits per heavy atom. The molecule has 0 fully saturated rings. The van der Waals surface area contributed by atoms with E-state index >= 15 is 0 Å². The maximum Gasteiger partial charge on any atom is 0.0589 e. The molecule has 0 saturated heterocycles. The lowest BCUT2D eigenvalue weighted by Crippen LogP contribution is -2.48. The summed E-state index contributed by atoms with van der Waals surface area (Å²) in [5.41, 5.74) is 9.37. The van der Waals surface area contributed by atoms with Gasteiger partial charge in [-0.05, 0) is 29.4 Å².